The standard InChI is InChI=1S/C14H12BrN3O2/c1-9(18-20)10-4-6-11(7-5-10)17-14(19)13-12(15)3-2-8-16-13/h2-8,20H,1H3,(H,17,19)/b18-9-. The molecule has 2 N–H and O–H groups in total. The number of hydrogen-bond donors (Lipinski definition) is 2. The van der Waals surface area contributed by atoms with Crippen LogP contribution in [-0.4, -0.2) is 21.8 Å². The Kier molecular flexibility index (Phi) is 4.47. The van der Waals surface area contributed by atoms with Crippen LogP contribution in [0, 0.1) is 0 Å². The molecule has 2 rings (SSSR count). The van der Waals surface area contributed by atoms with Crippen LogP contribution in [0.2, 0.25) is 0 Å². The molecule has 102 valence electrons. The molecule has 6 heteroatoms. The Balaban J connectivity index is 2.15. The van der Waals surface area contributed by atoms with E-state index in [1.165, 1.54) is 0 Å². The van der Waals surface area contributed by atoms with Crippen molar-refractivity contribution in [1.82, 2.24) is 4.98 Å². The molecule has 20 heavy (non-hydrogen) atoms. The minimum absolute atomic E-state index is 0.294. The average molecular weight is 334 g/mol. The van der Waals surface area contributed by atoms with E-state index in [1.54, 1.807) is 49.5 Å². The topological polar surface area (TPSA) is 74.6 Å². The van der Waals surface area contributed by atoms with Crippen LogP contribution >= 0.6 is 15.9 Å². The molecular weight excluding hydrogens is 322 g/mol. The lowest BCUT2D eigenvalue weighted by Crippen LogP contribution is -2.14. The first-order chi connectivity index (χ1) is 9.61. The molecular formula is C14H12BrN3O2. The lowest BCUT2D eigenvalue weighted by molar-refractivity contribution is 0.102. The molecule has 1 aromatic carbocycles. The summed E-state index contributed by atoms with van der Waals surface area (Å²) in [7, 11) is 0. The Morgan fingerprint density at radius 1 is 1.30 bits per heavy atom. The summed E-state index contributed by atoms with van der Waals surface area (Å²) >= 11 is 3.28. The number of rotatable bonds is 3. The van der Waals surface area contributed by atoms with Gasteiger partial charge in [0.05, 0.1) is 5.71 Å². The Morgan fingerprint density at radius 3 is 2.60 bits per heavy atom. The highest BCUT2D eigenvalue weighted by molar-refractivity contribution is 9.10. The Hall–Kier alpha value is -2.21. The number of benzene rings is 1. The quantitative estimate of drug-likeness (QED) is 0.514. The summed E-state index contributed by atoms with van der Waals surface area (Å²) in [5.74, 6) is -0.294. The highest BCUT2D eigenvalue weighted by atomic mass is 79.9. The van der Waals surface area contributed by atoms with Gasteiger partial charge in [-0.1, -0.05) is 17.3 Å². The molecule has 0 unspecified atom stereocenters. The van der Waals surface area contributed by atoms with Crippen molar-refractivity contribution in [3.8, 4) is 0 Å². The molecule has 5 nitrogen and oxygen atoms in total. The summed E-state index contributed by atoms with van der Waals surface area (Å²) in [6.45, 7) is 1.69. The van der Waals surface area contributed by atoms with E-state index in [4.69, 9.17) is 5.21 Å². The molecule has 0 aliphatic heterocycles. The third-order valence-corrected chi connectivity index (χ3v) is 3.32. The molecule has 0 radical (unpaired) electrons. The predicted octanol–water partition coefficient (Wildman–Crippen LogP) is 3.29. The fourth-order valence-corrected chi connectivity index (χ4v) is 2.03. The van der Waals surface area contributed by atoms with E-state index in [0.29, 0.717) is 21.6 Å². The first-order valence-electron chi connectivity index (χ1n) is 5.83. The molecule has 1 heterocycles. The van der Waals surface area contributed by atoms with Gasteiger partial charge in [-0.25, -0.2) is 4.98 Å². The molecule has 0 bridgehead atoms. The average Bonchev–Trinajstić information content (AvgIpc) is 2.47. The van der Waals surface area contributed by atoms with Crippen LogP contribution in [0.15, 0.2) is 52.2 Å². The van der Waals surface area contributed by atoms with Crippen LogP contribution in [0.1, 0.15) is 23.0 Å². The fraction of sp³-hybridized carbons (Fsp3) is 0.0714. The van der Waals surface area contributed by atoms with Crippen molar-refractivity contribution in [2.24, 2.45) is 5.16 Å². The van der Waals surface area contributed by atoms with Crippen LogP contribution in [0.4, 0.5) is 5.69 Å². The summed E-state index contributed by atoms with van der Waals surface area (Å²) in [5.41, 5.74) is 2.26. The lowest BCUT2D eigenvalue weighted by Gasteiger charge is -2.06. The minimum Gasteiger partial charge on any atom is -0.411 e. The maximum atomic E-state index is 12.0. The van der Waals surface area contributed by atoms with Crippen molar-refractivity contribution in [2.75, 3.05) is 5.32 Å². The molecule has 2 aromatic rings. The van der Waals surface area contributed by atoms with Crippen molar-refractivity contribution in [3.63, 3.8) is 0 Å². The van der Waals surface area contributed by atoms with E-state index in [0.717, 1.165) is 5.56 Å². The normalized spacial score (nSPS) is 11.2. The van der Waals surface area contributed by atoms with E-state index < -0.39 is 0 Å². The van der Waals surface area contributed by atoms with Gasteiger partial charge in [-0.05, 0) is 52.7 Å². The predicted molar refractivity (Wildman–Crippen MR) is 80.3 cm³/mol. The molecule has 1 aromatic heterocycles. The first-order valence-corrected chi connectivity index (χ1v) is 6.62. The van der Waals surface area contributed by atoms with E-state index in [1.807, 2.05) is 0 Å². The molecule has 0 aliphatic carbocycles. The maximum absolute atomic E-state index is 12.0. The number of carbonyl (C=O) groups is 1. The molecule has 0 spiro atoms. The van der Waals surface area contributed by atoms with Crippen molar-refractivity contribution in [3.05, 3.63) is 58.3 Å². The molecule has 0 saturated carbocycles. The molecule has 0 fully saturated rings. The Bertz CT molecular complexity index is 654. The second kappa shape index (κ2) is 6.29. The van der Waals surface area contributed by atoms with E-state index in [2.05, 4.69) is 31.4 Å². The SMILES string of the molecule is C/C(=N/O)c1ccc(NC(=O)c2ncccc2Br)cc1. The van der Waals surface area contributed by atoms with Crippen molar-refractivity contribution in [2.45, 2.75) is 6.92 Å². The minimum atomic E-state index is -0.294. The summed E-state index contributed by atoms with van der Waals surface area (Å²) < 4.78 is 0.636. The number of pyridine rings is 1. The third-order valence-electron chi connectivity index (χ3n) is 2.68. The van der Waals surface area contributed by atoms with Crippen molar-refractivity contribution in [1.29, 1.82) is 0 Å². The third kappa shape index (κ3) is 3.21. The van der Waals surface area contributed by atoms with Crippen LogP contribution < -0.4 is 5.32 Å². The van der Waals surface area contributed by atoms with Gasteiger partial charge in [-0.15, -0.1) is 0 Å². The van der Waals surface area contributed by atoms with Crippen LogP contribution in [0.25, 0.3) is 0 Å². The first kappa shape index (κ1) is 14.2. The van der Waals surface area contributed by atoms with Gasteiger partial charge in [0.1, 0.15) is 5.69 Å². The largest absolute Gasteiger partial charge is 0.411 e. The van der Waals surface area contributed by atoms with Crippen LogP contribution in [0.5, 0.6) is 0 Å². The van der Waals surface area contributed by atoms with Gasteiger partial charge in [0.15, 0.2) is 0 Å². The Labute approximate surface area is 124 Å². The number of oxime groups is 1. The highest BCUT2D eigenvalue weighted by Gasteiger charge is 2.11. The number of amides is 1. The van der Waals surface area contributed by atoms with Gasteiger partial charge in [-0.3, -0.25) is 4.79 Å². The van der Waals surface area contributed by atoms with Crippen LogP contribution in [-0.2, 0) is 0 Å². The molecule has 0 aliphatic rings. The summed E-state index contributed by atoms with van der Waals surface area (Å²) in [6, 6.07) is 10.5. The van der Waals surface area contributed by atoms with Gasteiger partial charge in [0.2, 0.25) is 0 Å². The zero-order valence-corrected chi connectivity index (χ0v) is 12.3. The van der Waals surface area contributed by atoms with Crippen molar-refractivity contribution < 1.29 is 10.0 Å². The smallest absolute Gasteiger partial charge is 0.275 e. The number of nitrogens with zero attached hydrogens (tertiary/aromatic N) is 2. The second-order valence-electron chi connectivity index (χ2n) is 4.05. The number of halogens is 1. The number of nitrogens with one attached hydrogen (secondary N) is 1. The fourth-order valence-electron chi connectivity index (χ4n) is 1.60. The monoisotopic (exact) mass is 333 g/mol. The second-order valence-corrected chi connectivity index (χ2v) is 4.91. The zero-order valence-electron chi connectivity index (χ0n) is 10.7. The van der Waals surface area contributed by atoms with Gasteiger partial charge < -0.3 is 10.5 Å². The van der Waals surface area contributed by atoms with Gasteiger partial charge >= 0.3 is 0 Å². The van der Waals surface area contributed by atoms with Gasteiger partial charge in [0, 0.05) is 16.4 Å². The van der Waals surface area contributed by atoms with Gasteiger partial charge in [-0.2, -0.15) is 0 Å². The highest BCUT2D eigenvalue weighted by Crippen LogP contribution is 2.16. The molecule has 0 saturated heterocycles. The number of carbonyl (C=O) groups excluding carboxylic acids is 1. The van der Waals surface area contributed by atoms with E-state index >= 15 is 0 Å². The summed E-state index contributed by atoms with van der Waals surface area (Å²) in [6.07, 6.45) is 1.56. The van der Waals surface area contributed by atoms with E-state index in [9.17, 15) is 4.79 Å². The zero-order chi connectivity index (χ0) is 14.5. The summed E-state index contributed by atoms with van der Waals surface area (Å²) in [4.78, 5) is 16.1. The maximum Gasteiger partial charge on any atom is 0.275 e. The number of aromatic nitrogens is 1. The van der Waals surface area contributed by atoms with Crippen molar-refractivity contribution >= 4 is 33.2 Å². The number of hydrogen-bond acceptors (Lipinski definition) is 4. The van der Waals surface area contributed by atoms with Crippen LogP contribution in [0.3, 0.4) is 0 Å². The molecule has 0 atom stereocenters. The molecule has 1 amide bonds. The Morgan fingerprint density at radius 2 is 2.00 bits per heavy atom. The van der Waals surface area contributed by atoms with E-state index in [-0.39, 0.29) is 5.91 Å². The summed E-state index contributed by atoms with van der Waals surface area (Å²) in [5, 5.41) is 14.6. The number of anilines is 1. The lowest BCUT2D eigenvalue weighted by atomic mass is 10.1. The van der Waals surface area contributed by atoms with Gasteiger partial charge in [0.25, 0.3) is 5.91 Å².